The summed E-state index contributed by atoms with van der Waals surface area (Å²) in [6, 6.07) is 10.7. The molecule has 33 heavy (non-hydrogen) atoms. The van der Waals surface area contributed by atoms with Gasteiger partial charge in [-0.3, -0.25) is 9.59 Å². The Bertz CT molecular complexity index is 904. The average molecular weight is 454 g/mol. The van der Waals surface area contributed by atoms with Crippen LogP contribution in [0.1, 0.15) is 57.7 Å². The molecule has 1 aromatic heterocycles. The Morgan fingerprint density at radius 2 is 1.67 bits per heavy atom. The first-order valence-electron chi connectivity index (χ1n) is 11.6. The van der Waals surface area contributed by atoms with Crippen molar-refractivity contribution in [3.63, 3.8) is 0 Å². The summed E-state index contributed by atoms with van der Waals surface area (Å²) in [5, 5.41) is 8.98. The minimum Gasteiger partial charge on any atom is -0.384 e. The number of rotatable bonds is 10. The van der Waals surface area contributed by atoms with E-state index in [1.165, 1.54) is 5.56 Å². The first-order valence-corrected chi connectivity index (χ1v) is 11.6. The number of carbonyl (C=O) groups excluding carboxylic acids is 2. The topological polar surface area (TPSA) is 109 Å². The SMILES string of the molecule is CCC(C)[C@@H](NC)C(=O)N[C@@H](Cc1ccc(C(C)(C)C)cc1)C(=O)NCc1ccc(N)nc1. The molecule has 180 valence electrons. The predicted octanol–water partition coefficient (Wildman–Crippen LogP) is 2.94. The number of amides is 2. The smallest absolute Gasteiger partial charge is 0.243 e. The zero-order valence-electron chi connectivity index (χ0n) is 20.7. The quantitative estimate of drug-likeness (QED) is 0.442. The zero-order valence-corrected chi connectivity index (χ0v) is 20.7. The van der Waals surface area contributed by atoms with E-state index in [2.05, 4.69) is 53.8 Å². The molecule has 0 radical (unpaired) electrons. The van der Waals surface area contributed by atoms with Crippen molar-refractivity contribution >= 4 is 17.6 Å². The lowest BCUT2D eigenvalue weighted by Crippen LogP contribution is -2.54. The van der Waals surface area contributed by atoms with Crippen molar-refractivity contribution in [2.75, 3.05) is 12.8 Å². The average Bonchev–Trinajstić information content (AvgIpc) is 2.78. The number of anilines is 1. The molecular formula is C26H39N5O2. The fourth-order valence-corrected chi connectivity index (χ4v) is 3.61. The number of likely N-dealkylation sites (N-methyl/N-ethyl adjacent to an activating group) is 1. The van der Waals surface area contributed by atoms with E-state index < -0.39 is 6.04 Å². The molecular weight excluding hydrogens is 414 g/mol. The summed E-state index contributed by atoms with van der Waals surface area (Å²) in [5.41, 5.74) is 8.73. The number of nitrogens with one attached hydrogen (secondary N) is 3. The number of nitrogen functional groups attached to an aromatic ring is 1. The Morgan fingerprint density at radius 1 is 1.03 bits per heavy atom. The first kappa shape index (κ1) is 26.3. The lowest BCUT2D eigenvalue weighted by atomic mass is 9.86. The molecule has 0 spiro atoms. The van der Waals surface area contributed by atoms with E-state index in [1.807, 2.05) is 32.0 Å². The van der Waals surface area contributed by atoms with Gasteiger partial charge in [0.25, 0.3) is 0 Å². The van der Waals surface area contributed by atoms with E-state index in [-0.39, 0.29) is 29.2 Å². The van der Waals surface area contributed by atoms with Gasteiger partial charge in [-0.05, 0) is 41.1 Å². The van der Waals surface area contributed by atoms with Crippen molar-refractivity contribution in [1.82, 2.24) is 20.9 Å². The van der Waals surface area contributed by atoms with Gasteiger partial charge in [-0.1, -0.05) is 71.4 Å². The van der Waals surface area contributed by atoms with Crippen LogP contribution in [0.2, 0.25) is 0 Å². The van der Waals surface area contributed by atoms with E-state index in [1.54, 1.807) is 19.3 Å². The van der Waals surface area contributed by atoms with Crippen LogP contribution >= 0.6 is 0 Å². The molecule has 2 amide bonds. The molecule has 0 saturated carbocycles. The molecule has 7 nitrogen and oxygen atoms in total. The molecule has 0 aliphatic heterocycles. The molecule has 5 N–H and O–H groups in total. The van der Waals surface area contributed by atoms with E-state index in [0.717, 1.165) is 17.5 Å². The van der Waals surface area contributed by atoms with Crippen molar-refractivity contribution in [2.45, 2.75) is 71.5 Å². The third-order valence-electron chi connectivity index (χ3n) is 6.01. The van der Waals surface area contributed by atoms with E-state index in [0.29, 0.717) is 18.8 Å². The monoisotopic (exact) mass is 453 g/mol. The van der Waals surface area contributed by atoms with Gasteiger partial charge in [0, 0.05) is 19.2 Å². The molecule has 2 aromatic rings. The van der Waals surface area contributed by atoms with Gasteiger partial charge in [0.15, 0.2) is 0 Å². The molecule has 2 rings (SSSR count). The number of benzene rings is 1. The second kappa shape index (κ2) is 11.8. The number of aromatic nitrogens is 1. The van der Waals surface area contributed by atoms with Crippen LogP contribution < -0.4 is 21.7 Å². The molecule has 1 unspecified atom stereocenters. The summed E-state index contributed by atoms with van der Waals surface area (Å²) in [4.78, 5) is 30.2. The third-order valence-corrected chi connectivity index (χ3v) is 6.01. The normalized spacial score (nSPS) is 14.2. The number of nitrogens with zero attached hydrogens (tertiary/aromatic N) is 1. The lowest BCUT2D eigenvalue weighted by Gasteiger charge is -2.25. The minimum atomic E-state index is -0.695. The molecule has 0 saturated heterocycles. The highest BCUT2D eigenvalue weighted by molar-refractivity contribution is 5.90. The van der Waals surface area contributed by atoms with Gasteiger partial charge < -0.3 is 21.7 Å². The Hall–Kier alpha value is -2.93. The molecule has 0 bridgehead atoms. The van der Waals surface area contributed by atoms with Crippen molar-refractivity contribution in [3.05, 3.63) is 59.3 Å². The maximum atomic E-state index is 13.1. The van der Waals surface area contributed by atoms with Crippen LogP contribution in [0.3, 0.4) is 0 Å². The van der Waals surface area contributed by atoms with Crippen LogP contribution in [0.25, 0.3) is 0 Å². The Balaban J connectivity index is 2.17. The Kier molecular flexibility index (Phi) is 9.41. The number of carbonyl (C=O) groups is 2. The highest BCUT2D eigenvalue weighted by Gasteiger charge is 2.28. The Morgan fingerprint density at radius 3 is 2.18 bits per heavy atom. The fraction of sp³-hybridized carbons (Fsp3) is 0.500. The second-order valence-electron chi connectivity index (χ2n) is 9.67. The fourth-order valence-electron chi connectivity index (χ4n) is 3.61. The predicted molar refractivity (Wildman–Crippen MR) is 134 cm³/mol. The first-order chi connectivity index (χ1) is 15.5. The van der Waals surface area contributed by atoms with Gasteiger partial charge in [-0.2, -0.15) is 0 Å². The molecule has 1 heterocycles. The standard InChI is InChI=1S/C26H39N5O2/c1-7-17(2)23(28-6)25(33)31-21(14-18-8-11-20(12-9-18)26(3,4)5)24(32)30-16-19-10-13-22(27)29-15-19/h8-13,15,17,21,23,28H,7,14,16H2,1-6H3,(H2,27,29)(H,30,32)(H,31,33)/t17?,21-,23+/m0/s1. The van der Waals surface area contributed by atoms with Gasteiger partial charge in [0.2, 0.25) is 11.8 Å². The molecule has 0 fully saturated rings. The van der Waals surface area contributed by atoms with E-state index in [4.69, 9.17) is 5.73 Å². The summed E-state index contributed by atoms with van der Waals surface area (Å²) in [6.07, 6.45) is 2.89. The molecule has 7 heteroatoms. The molecule has 3 atom stereocenters. The van der Waals surface area contributed by atoms with E-state index >= 15 is 0 Å². The molecule has 0 aliphatic rings. The lowest BCUT2D eigenvalue weighted by molar-refractivity contribution is -0.130. The summed E-state index contributed by atoms with van der Waals surface area (Å²) in [5.74, 6) is 0.161. The van der Waals surface area contributed by atoms with E-state index in [9.17, 15) is 9.59 Å². The van der Waals surface area contributed by atoms with Crippen LogP contribution in [0.4, 0.5) is 5.82 Å². The van der Waals surface area contributed by atoms with Gasteiger partial charge in [-0.15, -0.1) is 0 Å². The number of nitrogens with two attached hydrogens (primary N) is 1. The maximum absolute atomic E-state index is 13.1. The van der Waals surface area contributed by atoms with Crippen LogP contribution in [-0.4, -0.2) is 35.9 Å². The van der Waals surface area contributed by atoms with Gasteiger partial charge >= 0.3 is 0 Å². The van der Waals surface area contributed by atoms with Crippen LogP contribution in [-0.2, 0) is 28.0 Å². The highest BCUT2D eigenvalue weighted by Crippen LogP contribution is 2.22. The van der Waals surface area contributed by atoms with Crippen molar-refractivity contribution in [3.8, 4) is 0 Å². The Labute approximate surface area is 197 Å². The van der Waals surface area contributed by atoms with Gasteiger partial charge in [0.1, 0.15) is 11.9 Å². The summed E-state index contributed by atoms with van der Waals surface area (Å²) < 4.78 is 0. The van der Waals surface area contributed by atoms with Crippen LogP contribution in [0.15, 0.2) is 42.6 Å². The number of hydrogen-bond acceptors (Lipinski definition) is 5. The number of hydrogen-bond donors (Lipinski definition) is 4. The second-order valence-corrected chi connectivity index (χ2v) is 9.67. The highest BCUT2D eigenvalue weighted by atomic mass is 16.2. The molecule has 1 aromatic carbocycles. The number of pyridine rings is 1. The zero-order chi connectivity index (χ0) is 24.6. The van der Waals surface area contributed by atoms with Crippen LogP contribution in [0.5, 0.6) is 0 Å². The van der Waals surface area contributed by atoms with Crippen molar-refractivity contribution in [1.29, 1.82) is 0 Å². The summed E-state index contributed by atoms with van der Waals surface area (Å²) in [7, 11) is 1.77. The maximum Gasteiger partial charge on any atom is 0.243 e. The summed E-state index contributed by atoms with van der Waals surface area (Å²) >= 11 is 0. The minimum absolute atomic E-state index is 0.0486. The van der Waals surface area contributed by atoms with Crippen molar-refractivity contribution < 1.29 is 9.59 Å². The van der Waals surface area contributed by atoms with Crippen molar-refractivity contribution in [2.24, 2.45) is 5.92 Å². The van der Waals surface area contributed by atoms with Gasteiger partial charge in [0.05, 0.1) is 6.04 Å². The van der Waals surface area contributed by atoms with Gasteiger partial charge in [-0.25, -0.2) is 4.98 Å². The largest absolute Gasteiger partial charge is 0.384 e. The van der Waals surface area contributed by atoms with Crippen LogP contribution in [0, 0.1) is 5.92 Å². The molecule has 0 aliphatic carbocycles. The third kappa shape index (κ3) is 7.86. The summed E-state index contributed by atoms with van der Waals surface area (Å²) in [6.45, 7) is 10.9.